The van der Waals surface area contributed by atoms with Gasteiger partial charge in [-0.05, 0) is 31.9 Å². The second-order valence-corrected chi connectivity index (χ2v) is 7.00. The molecular formula is C20H31N5. The van der Waals surface area contributed by atoms with Gasteiger partial charge in [0.15, 0.2) is 5.96 Å². The second-order valence-electron chi connectivity index (χ2n) is 7.00. The third-order valence-electron chi connectivity index (χ3n) is 4.19. The fraction of sp³-hybridized carbons (Fsp3) is 0.500. The molecule has 1 aromatic heterocycles. The number of hydrogen-bond acceptors (Lipinski definition) is 2. The Hall–Kier alpha value is -2.30. The van der Waals surface area contributed by atoms with Crippen molar-refractivity contribution < 1.29 is 0 Å². The molecule has 5 heteroatoms. The Morgan fingerprint density at radius 3 is 2.76 bits per heavy atom. The van der Waals surface area contributed by atoms with Gasteiger partial charge in [-0.1, -0.05) is 43.7 Å². The fourth-order valence-electron chi connectivity index (χ4n) is 2.66. The van der Waals surface area contributed by atoms with Crippen molar-refractivity contribution in [2.45, 2.75) is 46.1 Å². The number of aromatic nitrogens is 2. The van der Waals surface area contributed by atoms with Crippen molar-refractivity contribution in [1.29, 1.82) is 0 Å². The lowest BCUT2D eigenvalue weighted by Gasteiger charge is -2.24. The highest BCUT2D eigenvalue weighted by molar-refractivity contribution is 5.79. The number of aliphatic imine (C=N–C) groups is 1. The largest absolute Gasteiger partial charge is 0.357 e. The molecule has 0 amide bonds. The van der Waals surface area contributed by atoms with E-state index in [4.69, 9.17) is 4.99 Å². The fourth-order valence-corrected chi connectivity index (χ4v) is 2.66. The molecule has 0 bridgehead atoms. The van der Waals surface area contributed by atoms with Gasteiger partial charge in [-0.15, -0.1) is 0 Å². The van der Waals surface area contributed by atoms with Gasteiger partial charge >= 0.3 is 0 Å². The molecule has 2 N–H and O–H groups in total. The summed E-state index contributed by atoms with van der Waals surface area (Å²) in [5, 5.41) is 11.0. The Bertz CT molecular complexity index is 658. The van der Waals surface area contributed by atoms with Crippen LogP contribution < -0.4 is 10.6 Å². The summed E-state index contributed by atoms with van der Waals surface area (Å²) in [6, 6.07) is 10.6. The van der Waals surface area contributed by atoms with E-state index >= 15 is 0 Å². The summed E-state index contributed by atoms with van der Waals surface area (Å²) in [6.45, 7) is 12.1. The molecule has 0 aliphatic carbocycles. The molecule has 0 aliphatic rings. The number of nitrogens with one attached hydrogen (secondary N) is 2. The monoisotopic (exact) mass is 341 g/mol. The molecule has 0 aliphatic heterocycles. The van der Waals surface area contributed by atoms with Crippen LogP contribution in [0.25, 0.3) is 0 Å². The number of benzene rings is 1. The highest BCUT2D eigenvalue weighted by atomic mass is 15.3. The molecule has 136 valence electrons. The van der Waals surface area contributed by atoms with Gasteiger partial charge in [0, 0.05) is 37.4 Å². The maximum absolute atomic E-state index is 4.80. The van der Waals surface area contributed by atoms with Gasteiger partial charge in [-0.25, -0.2) is 0 Å². The Morgan fingerprint density at radius 2 is 2.08 bits per heavy atom. The maximum atomic E-state index is 4.80. The van der Waals surface area contributed by atoms with E-state index in [0.29, 0.717) is 0 Å². The van der Waals surface area contributed by atoms with Crippen molar-refractivity contribution in [2.24, 2.45) is 4.99 Å². The van der Waals surface area contributed by atoms with E-state index in [0.717, 1.165) is 38.6 Å². The Labute approximate surface area is 151 Å². The number of guanidine groups is 1. The zero-order valence-corrected chi connectivity index (χ0v) is 15.9. The highest BCUT2D eigenvalue weighted by Crippen LogP contribution is 2.24. The van der Waals surface area contributed by atoms with Gasteiger partial charge in [-0.3, -0.25) is 9.67 Å². The molecule has 1 heterocycles. The van der Waals surface area contributed by atoms with Crippen LogP contribution in [-0.4, -0.2) is 35.4 Å². The van der Waals surface area contributed by atoms with Crippen LogP contribution >= 0.6 is 0 Å². The molecule has 0 spiro atoms. The Morgan fingerprint density at radius 1 is 1.24 bits per heavy atom. The molecule has 2 rings (SSSR count). The lowest BCUT2D eigenvalue weighted by Crippen LogP contribution is -2.39. The van der Waals surface area contributed by atoms with Crippen molar-refractivity contribution in [1.82, 2.24) is 20.4 Å². The van der Waals surface area contributed by atoms with Crippen LogP contribution in [-0.2, 0) is 12.0 Å². The quantitative estimate of drug-likeness (QED) is 0.441. The minimum atomic E-state index is 0.00340. The predicted octanol–water partition coefficient (Wildman–Crippen LogP) is 3.11. The molecule has 2 aromatic rings. The molecule has 0 saturated carbocycles. The van der Waals surface area contributed by atoms with E-state index < -0.39 is 0 Å². The molecule has 25 heavy (non-hydrogen) atoms. The van der Waals surface area contributed by atoms with Crippen LogP contribution in [0, 0.1) is 6.92 Å². The first kappa shape index (κ1) is 19.0. The molecule has 0 fully saturated rings. The van der Waals surface area contributed by atoms with Crippen LogP contribution in [0.1, 0.15) is 38.3 Å². The first-order valence-electron chi connectivity index (χ1n) is 9.08. The van der Waals surface area contributed by atoms with Gasteiger partial charge in [0.25, 0.3) is 0 Å². The average molecular weight is 342 g/mol. The van der Waals surface area contributed by atoms with Crippen LogP contribution in [0.15, 0.2) is 47.7 Å². The van der Waals surface area contributed by atoms with E-state index in [-0.39, 0.29) is 5.41 Å². The average Bonchev–Trinajstić information content (AvgIpc) is 3.10. The standard InChI is InChI=1S/C20H31N5/c1-5-21-19(22-11-7-13-25-14-8-12-24-25)23-16-20(3,4)18-10-6-9-17(2)15-18/h6,8-10,12,14-15H,5,7,11,13,16H2,1-4H3,(H2,21,22,23). The highest BCUT2D eigenvalue weighted by Gasteiger charge is 2.20. The van der Waals surface area contributed by atoms with Crippen LogP contribution in [0.3, 0.4) is 0 Å². The minimum absolute atomic E-state index is 0.00340. The minimum Gasteiger partial charge on any atom is -0.357 e. The summed E-state index contributed by atoms with van der Waals surface area (Å²) >= 11 is 0. The smallest absolute Gasteiger partial charge is 0.191 e. The van der Waals surface area contributed by atoms with Gasteiger partial charge in [0.1, 0.15) is 0 Å². The zero-order valence-electron chi connectivity index (χ0n) is 15.9. The molecular weight excluding hydrogens is 310 g/mol. The van der Waals surface area contributed by atoms with Crippen molar-refractivity contribution in [3.05, 3.63) is 53.9 Å². The third-order valence-corrected chi connectivity index (χ3v) is 4.19. The van der Waals surface area contributed by atoms with Crippen molar-refractivity contribution in [3.8, 4) is 0 Å². The summed E-state index contributed by atoms with van der Waals surface area (Å²) in [5.41, 5.74) is 2.62. The SMILES string of the molecule is CCNC(=NCC(C)(C)c1cccc(C)c1)NCCCn1cccn1. The van der Waals surface area contributed by atoms with Crippen LogP contribution in [0.2, 0.25) is 0 Å². The summed E-state index contributed by atoms with van der Waals surface area (Å²) in [7, 11) is 0. The Kier molecular flexibility index (Phi) is 7.04. The first-order chi connectivity index (χ1) is 12.0. The van der Waals surface area contributed by atoms with Crippen LogP contribution in [0.5, 0.6) is 0 Å². The van der Waals surface area contributed by atoms with Crippen LogP contribution in [0.4, 0.5) is 0 Å². The van der Waals surface area contributed by atoms with Gasteiger partial charge in [-0.2, -0.15) is 5.10 Å². The van der Waals surface area contributed by atoms with Gasteiger partial charge < -0.3 is 10.6 Å². The molecule has 0 unspecified atom stereocenters. The van der Waals surface area contributed by atoms with Crippen molar-refractivity contribution in [3.63, 3.8) is 0 Å². The molecule has 0 saturated heterocycles. The van der Waals surface area contributed by atoms with E-state index in [1.54, 1.807) is 0 Å². The summed E-state index contributed by atoms with van der Waals surface area (Å²) < 4.78 is 1.95. The van der Waals surface area contributed by atoms with E-state index in [2.05, 4.69) is 67.7 Å². The zero-order chi connectivity index (χ0) is 18.1. The van der Waals surface area contributed by atoms with E-state index in [1.165, 1.54) is 11.1 Å². The lowest BCUT2D eigenvalue weighted by atomic mass is 9.84. The number of rotatable bonds is 8. The normalized spacial score (nSPS) is 12.2. The summed E-state index contributed by atoms with van der Waals surface area (Å²) in [4.78, 5) is 4.80. The maximum Gasteiger partial charge on any atom is 0.191 e. The van der Waals surface area contributed by atoms with Gasteiger partial charge in [0.05, 0.1) is 6.54 Å². The summed E-state index contributed by atoms with van der Waals surface area (Å²) in [5.74, 6) is 0.878. The van der Waals surface area contributed by atoms with E-state index in [1.807, 2.05) is 23.1 Å². The molecule has 5 nitrogen and oxygen atoms in total. The van der Waals surface area contributed by atoms with E-state index in [9.17, 15) is 0 Å². The molecule has 1 aromatic carbocycles. The number of aryl methyl sites for hydroxylation is 2. The number of hydrogen-bond donors (Lipinski definition) is 2. The topological polar surface area (TPSA) is 54.2 Å². The lowest BCUT2D eigenvalue weighted by molar-refractivity contribution is 0.534. The molecule has 0 radical (unpaired) electrons. The number of nitrogens with zero attached hydrogens (tertiary/aromatic N) is 3. The van der Waals surface area contributed by atoms with Crippen molar-refractivity contribution in [2.75, 3.05) is 19.6 Å². The van der Waals surface area contributed by atoms with Crippen molar-refractivity contribution >= 4 is 5.96 Å². The van der Waals surface area contributed by atoms with Gasteiger partial charge in [0.2, 0.25) is 0 Å². The predicted molar refractivity (Wildman–Crippen MR) is 105 cm³/mol. The second kappa shape index (κ2) is 9.25. The Balaban J connectivity index is 1.89. The summed E-state index contributed by atoms with van der Waals surface area (Å²) in [6.07, 6.45) is 4.81. The first-order valence-corrected chi connectivity index (χ1v) is 9.08. The molecule has 0 atom stereocenters. The third kappa shape index (κ3) is 6.25.